The fourth-order valence-electron chi connectivity index (χ4n) is 2.28. The number of rotatable bonds is 2. The van der Waals surface area contributed by atoms with E-state index in [9.17, 15) is 13.2 Å². The van der Waals surface area contributed by atoms with E-state index < -0.39 is 11.7 Å². The quantitative estimate of drug-likeness (QED) is 0.762. The topological polar surface area (TPSA) is 26.0 Å². The number of nitrogens with two attached hydrogens (primary N) is 1. The van der Waals surface area contributed by atoms with E-state index in [-0.39, 0.29) is 17.2 Å². The predicted molar refractivity (Wildman–Crippen MR) is 75.4 cm³/mol. The van der Waals surface area contributed by atoms with E-state index in [0.29, 0.717) is 5.56 Å². The van der Waals surface area contributed by atoms with Crippen LogP contribution in [0.5, 0.6) is 0 Å². The first-order valence-corrected chi connectivity index (χ1v) is 6.36. The number of nitrogen functional groups attached to an aromatic ring is 1. The molecule has 1 nitrogen and oxygen atoms in total. The van der Waals surface area contributed by atoms with Crippen LogP contribution in [-0.2, 0) is 6.18 Å². The second kappa shape index (κ2) is 5.19. The van der Waals surface area contributed by atoms with E-state index in [1.165, 1.54) is 12.1 Å². The third kappa shape index (κ3) is 2.79. The summed E-state index contributed by atoms with van der Waals surface area (Å²) in [6.07, 6.45) is -4.42. The summed E-state index contributed by atoms with van der Waals surface area (Å²) in [5, 5.41) is 0. The molecule has 2 aromatic carbocycles. The van der Waals surface area contributed by atoms with Crippen molar-refractivity contribution in [1.82, 2.24) is 0 Å². The van der Waals surface area contributed by atoms with Crippen molar-refractivity contribution in [2.45, 2.75) is 25.9 Å². The van der Waals surface area contributed by atoms with Gasteiger partial charge in [0, 0.05) is 5.69 Å². The van der Waals surface area contributed by atoms with E-state index in [2.05, 4.69) is 0 Å². The van der Waals surface area contributed by atoms with Crippen LogP contribution in [0.2, 0.25) is 0 Å². The lowest BCUT2D eigenvalue weighted by Crippen LogP contribution is -2.09. The average Bonchev–Trinajstić information content (AvgIpc) is 2.37. The predicted octanol–water partition coefficient (Wildman–Crippen LogP) is 5.08. The van der Waals surface area contributed by atoms with E-state index >= 15 is 0 Å². The zero-order valence-corrected chi connectivity index (χ0v) is 11.3. The fraction of sp³-hybridized carbons (Fsp3) is 0.250. The van der Waals surface area contributed by atoms with E-state index in [4.69, 9.17) is 5.73 Å². The second-order valence-corrected chi connectivity index (χ2v) is 5.04. The number of halogens is 3. The van der Waals surface area contributed by atoms with Crippen LogP contribution >= 0.6 is 0 Å². The zero-order chi connectivity index (χ0) is 14.9. The zero-order valence-electron chi connectivity index (χ0n) is 11.3. The largest absolute Gasteiger partial charge is 0.417 e. The van der Waals surface area contributed by atoms with Crippen molar-refractivity contribution in [2.75, 3.05) is 5.73 Å². The van der Waals surface area contributed by atoms with Gasteiger partial charge in [-0.15, -0.1) is 0 Å². The maximum absolute atomic E-state index is 13.2. The maximum atomic E-state index is 13.2. The fourth-order valence-corrected chi connectivity index (χ4v) is 2.28. The number of hydrogen-bond donors (Lipinski definition) is 1. The van der Waals surface area contributed by atoms with Crippen molar-refractivity contribution >= 4 is 5.69 Å². The normalized spacial score (nSPS) is 11.9. The molecule has 2 rings (SSSR count). The Morgan fingerprint density at radius 3 is 2.20 bits per heavy atom. The Bertz CT molecular complexity index is 615. The third-order valence-corrected chi connectivity index (χ3v) is 3.22. The van der Waals surface area contributed by atoms with Crippen molar-refractivity contribution in [1.29, 1.82) is 0 Å². The Morgan fingerprint density at radius 1 is 0.950 bits per heavy atom. The SMILES string of the molecule is CC(C)c1ccccc1-c1ccc(N)cc1C(F)(F)F. The lowest BCUT2D eigenvalue weighted by atomic mass is 9.90. The summed E-state index contributed by atoms with van der Waals surface area (Å²) in [6, 6.07) is 11.1. The summed E-state index contributed by atoms with van der Waals surface area (Å²) in [5.41, 5.74) is 6.60. The Kier molecular flexibility index (Phi) is 3.75. The van der Waals surface area contributed by atoms with Gasteiger partial charge in [-0.2, -0.15) is 13.2 Å². The molecular weight excluding hydrogens is 263 g/mol. The molecule has 0 aliphatic carbocycles. The summed E-state index contributed by atoms with van der Waals surface area (Å²) >= 11 is 0. The Morgan fingerprint density at radius 2 is 1.60 bits per heavy atom. The highest BCUT2D eigenvalue weighted by atomic mass is 19.4. The van der Waals surface area contributed by atoms with Crippen LogP contribution in [-0.4, -0.2) is 0 Å². The molecule has 0 spiro atoms. The smallest absolute Gasteiger partial charge is 0.399 e. The van der Waals surface area contributed by atoms with Crippen molar-refractivity contribution in [3.05, 3.63) is 53.6 Å². The second-order valence-electron chi connectivity index (χ2n) is 5.04. The number of hydrogen-bond acceptors (Lipinski definition) is 1. The molecule has 0 bridgehead atoms. The van der Waals surface area contributed by atoms with Crippen molar-refractivity contribution in [3.63, 3.8) is 0 Å². The molecule has 0 saturated carbocycles. The first-order valence-electron chi connectivity index (χ1n) is 6.36. The summed E-state index contributed by atoms with van der Waals surface area (Å²) < 4.78 is 39.6. The molecule has 106 valence electrons. The average molecular weight is 279 g/mol. The van der Waals surface area contributed by atoms with Crippen LogP contribution in [0.3, 0.4) is 0 Å². The van der Waals surface area contributed by atoms with Gasteiger partial charge >= 0.3 is 6.18 Å². The molecule has 2 aromatic rings. The molecule has 0 fully saturated rings. The molecule has 0 aliphatic heterocycles. The van der Waals surface area contributed by atoms with E-state index in [1.54, 1.807) is 12.1 Å². The molecule has 0 aromatic heterocycles. The third-order valence-electron chi connectivity index (χ3n) is 3.22. The molecule has 0 heterocycles. The molecule has 0 radical (unpaired) electrons. The van der Waals surface area contributed by atoms with Crippen LogP contribution in [0.25, 0.3) is 11.1 Å². The minimum Gasteiger partial charge on any atom is -0.399 e. The minimum atomic E-state index is -4.42. The molecular formula is C16H16F3N. The first kappa shape index (κ1) is 14.4. The Balaban J connectivity index is 2.71. The molecule has 0 atom stereocenters. The number of benzene rings is 2. The molecule has 0 saturated heterocycles. The Hall–Kier alpha value is -1.97. The van der Waals surface area contributed by atoms with Gasteiger partial charge in [-0.25, -0.2) is 0 Å². The van der Waals surface area contributed by atoms with Gasteiger partial charge in [0.05, 0.1) is 5.56 Å². The summed E-state index contributed by atoms with van der Waals surface area (Å²) in [7, 11) is 0. The van der Waals surface area contributed by atoms with Crippen LogP contribution in [0.4, 0.5) is 18.9 Å². The molecule has 0 unspecified atom stereocenters. The first-order chi connectivity index (χ1) is 9.30. The van der Waals surface area contributed by atoms with Crippen LogP contribution in [0.15, 0.2) is 42.5 Å². The Labute approximate surface area is 116 Å². The van der Waals surface area contributed by atoms with Crippen molar-refractivity contribution in [3.8, 4) is 11.1 Å². The standard InChI is InChI=1S/C16H16F3N/c1-10(2)12-5-3-4-6-13(12)14-8-7-11(20)9-15(14)16(17,18)19/h3-10H,20H2,1-2H3. The van der Waals surface area contributed by atoms with Gasteiger partial charge in [-0.1, -0.05) is 44.2 Å². The van der Waals surface area contributed by atoms with Crippen molar-refractivity contribution < 1.29 is 13.2 Å². The number of anilines is 1. The molecule has 0 amide bonds. The van der Waals surface area contributed by atoms with Gasteiger partial charge in [0.25, 0.3) is 0 Å². The summed E-state index contributed by atoms with van der Waals surface area (Å²) in [5.74, 6) is 0.143. The highest BCUT2D eigenvalue weighted by Gasteiger charge is 2.34. The van der Waals surface area contributed by atoms with Gasteiger partial charge < -0.3 is 5.73 Å². The lowest BCUT2D eigenvalue weighted by molar-refractivity contribution is -0.137. The van der Waals surface area contributed by atoms with E-state index in [1.807, 2.05) is 26.0 Å². The molecule has 0 aliphatic rings. The molecule has 20 heavy (non-hydrogen) atoms. The molecule has 4 heteroatoms. The van der Waals surface area contributed by atoms with Crippen LogP contribution in [0.1, 0.15) is 30.9 Å². The summed E-state index contributed by atoms with van der Waals surface area (Å²) in [6.45, 7) is 3.92. The van der Waals surface area contributed by atoms with Crippen LogP contribution in [0, 0.1) is 0 Å². The highest BCUT2D eigenvalue weighted by Crippen LogP contribution is 2.40. The van der Waals surface area contributed by atoms with Gasteiger partial charge in [0.15, 0.2) is 0 Å². The maximum Gasteiger partial charge on any atom is 0.417 e. The van der Waals surface area contributed by atoms with Gasteiger partial charge in [-0.05, 0) is 34.7 Å². The number of alkyl halides is 3. The minimum absolute atomic E-state index is 0.114. The highest BCUT2D eigenvalue weighted by molar-refractivity contribution is 5.73. The van der Waals surface area contributed by atoms with Crippen molar-refractivity contribution in [2.24, 2.45) is 0 Å². The van der Waals surface area contributed by atoms with Gasteiger partial charge in [0.2, 0.25) is 0 Å². The van der Waals surface area contributed by atoms with E-state index in [0.717, 1.165) is 11.6 Å². The molecule has 2 N–H and O–H groups in total. The van der Waals surface area contributed by atoms with Gasteiger partial charge in [0.1, 0.15) is 0 Å². The van der Waals surface area contributed by atoms with Gasteiger partial charge in [-0.3, -0.25) is 0 Å². The monoisotopic (exact) mass is 279 g/mol. The summed E-state index contributed by atoms with van der Waals surface area (Å²) in [4.78, 5) is 0. The lowest BCUT2D eigenvalue weighted by Gasteiger charge is -2.18. The van der Waals surface area contributed by atoms with Crippen LogP contribution < -0.4 is 5.73 Å².